The van der Waals surface area contributed by atoms with E-state index in [9.17, 15) is 19.5 Å². The summed E-state index contributed by atoms with van der Waals surface area (Å²) in [6.07, 6.45) is 4.06. The van der Waals surface area contributed by atoms with E-state index < -0.39 is 41.2 Å². The number of carbonyl (C=O) groups is 3. The summed E-state index contributed by atoms with van der Waals surface area (Å²) in [6.45, 7) is 17.6. The summed E-state index contributed by atoms with van der Waals surface area (Å²) in [7, 11) is 1.69. The average molecular weight is 476 g/mol. The maximum absolute atomic E-state index is 14.2. The summed E-state index contributed by atoms with van der Waals surface area (Å²) in [5, 5.41) is 10.3. The van der Waals surface area contributed by atoms with Gasteiger partial charge in [0, 0.05) is 25.7 Å². The van der Waals surface area contributed by atoms with E-state index in [1.54, 1.807) is 33.9 Å². The minimum atomic E-state index is -1.08. The lowest BCUT2D eigenvalue weighted by Crippen LogP contribution is -2.62. The van der Waals surface area contributed by atoms with Gasteiger partial charge in [0.15, 0.2) is 0 Å². The Morgan fingerprint density at radius 1 is 1.24 bits per heavy atom. The third kappa shape index (κ3) is 3.98. The zero-order chi connectivity index (χ0) is 25.6. The molecule has 3 fully saturated rings. The van der Waals surface area contributed by atoms with E-state index in [1.807, 2.05) is 34.6 Å². The summed E-state index contributed by atoms with van der Waals surface area (Å²) < 4.78 is 6.50. The number of hydrogen-bond donors (Lipinski definition) is 1. The second-order valence-corrected chi connectivity index (χ2v) is 11.2. The Kier molecular flexibility index (Phi) is 7.35. The Bertz CT molecular complexity index is 850. The van der Waals surface area contributed by atoms with Gasteiger partial charge in [-0.2, -0.15) is 0 Å². The Morgan fingerprint density at radius 2 is 1.85 bits per heavy atom. The van der Waals surface area contributed by atoms with Gasteiger partial charge in [-0.3, -0.25) is 14.4 Å². The summed E-state index contributed by atoms with van der Waals surface area (Å²) in [5.41, 5.74) is -1.60. The van der Waals surface area contributed by atoms with Gasteiger partial charge in [0.05, 0.1) is 30.6 Å². The molecule has 190 valence electrons. The molecular weight excluding hydrogens is 434 g/mol. The Morgan fingerprint density at radius 3 is 2.35 bits per heavy atom. The fourth-order valence-corrected chi connectivity index (χ4v) is 6.14. The van der Waals surface area contributed by atoms with Crippen molar-refractivity contribution < 1.29 is 24.2 Å². The smallest absolute Gasteiger partial charge is 0.249 e. The van der Waals surface area contributed by atoms with Crippen molar-refractivity contribution in [2.24, 2.45) is 17.8 Å². The highest BCUT2D eigenvalue weighted by Gasteiger charge is 2.75. The zero-order valence-corrected chi connectivity index (χ0v) is 21.5. The molecule has 8 nitrogen and oxygen atoms in total. The number of likely N-dealkylation sites (N-methyl/N-ethyl adjacent to an activating group) is 1. The molecule has 2 bridgehead atoms. The fourth-order valence-electron chi connectivity index (χ4n) is 6.14. The van der Waals surface area contributed by atoms with Crippen LogP contribution in [0.15, 0.2) is 25.3 Å². The summed E-state index contributed by atoms with van der Waals surface area (Å²) in [6, 6.07) is -1.47. The van der Waals surface area contributed by atoms with Gasteiger partial charge in [-0.25, -0.2) is 0 Å². The number of aliphatic hydroxyl groups excluding tert-OH is 1. The minimum Gasteiger partial charge on any atom is -0.394 e. The highest BCUT2D eigenvalue weighted by Crippen LogP contribution is 2.59. The minimum absolute atomic E-state index is 0.0863. The molecule has 1 N–H and O–H groups in total. The van der Waals surface area contributed by atoms with Gasteiger partial charge >= 0.3 is 0 Å². The van der Waals surface area contributed by atoms with Crippen LogP contribution in [0.4, 0.5) is 0 Å². The second-order valence-electron chi connectivity index (χ2n) is 11.2. The molecule has 3 saturated heterocycles. The monoisotopic (exact) mass is 475 g/mol. The van der Waals surface area contributed by atoms with E-state index in [-0.39, 0.29) is 30.2 Å². The van der Waals surface area contributed by atoms with E-state index in [4.69, 9.17) is 4.74 Å². The van der Waals surface area contributed by atoms with Crippen LogP contribution < -0.4 is 0 Å². The van der Waals surface area contributed by atoms with Gasteiger partial charge in [-0.15, -0.1) is 13.2 Å². The highest BCUT2D eigenvalue weighted by atomic mass is 16.5. The first-order valence-electron chi connectivity index (χ1n) is 12.3. The van der Waals surface area contributed by atoms with Crippen molar-refractivity contribution >= 4 is 17.7 Å². The molecule has 34 heavy (non-hydrogen) atoms. The molecule has 1 spiro atoms. The molecule has 0 aliphatic carbocycles. The maximum atomic E-state index is 14.2. The molecule has 3 rings (SSSR count). The lowest BCUT2D eigenvalue weighted by atomic mass is 9.70. The maximum Gasteiger partial charge on any atom is 0.249 e. The Hall–Kier alpha value is -2.19. The van der Waals surface area contributed by atoms with Crippen molar-refractivity contribution in [2.75, 3.05) is 26.7 Å². The number of fused-ring (bicyclic) bond motifs is 1. The van der Waals surface area contributed by atoms with Crippen LogP contribution in [-0.2, 0) is 19.1 Å². The van der Waals surface area contributed by atoms with Crippen LogP contribution in [0.25, 0.3) is 0 Å². The van der Waals surface area contributed by atoms with E-state index in [0.29, 0.717) is 25.9 Å². The van der Waals surface area contributed by atoms with Crippen molar-refractivity contribution in [1.82, 2.24) is 14.7 Å². The molecule has 3 aliphatic heterocycles. The first kappa shape index (κ1) is 26.4. The number of likely N-dealkylation sites (tertiary alicyclic amines) is 1. The van der Waals surface area contributed by atoms with Crippen LogP contribution in [0.3, 0.4) is 0 Å². The number of rotatable bonds is 9. The normalized spacial score (nSPS) is 30.9. The van der Waals surface area contributed by atoms with Gasteiger partial charge in [-0.1, -0.05) is 26.0 Å². The van der Waals surface area contributed by atoms with E-state index in [0.717, 1.165) is 0 Å². The predicted octanol–water partition coefficient (Wildman–Crippen LogP) is 1.84. The number of ether oxygens (including phenoxy) is 1. The zero-order valence-electron chi connectivity index (χ0n) is 21.5. The van der Waals surface area contributed by atoms with Crippen LogP contribution in [0, 0.1) is 17.8 Å². The molecule has 0 aromatic carbocycles. The van der Waals surface area contributed by atoms with Crippen LogP contribution in [0.5, 0.6) is 0 Å². The average Bonchev–Trinajstić information content (AvgIpc) is 3.38. The fraction of sp³-hybridized carbons (Fsp3) is 0.731. The van der Waals surface area contributed by atoms with Gasteiger partial charge in [0.25, 0.3) is 0 Å². The summed E-state index contributed by atoms with van der Waals surface area (Å²) >= 11 is 0. The highest BCUT2D eigenvalue weighted by molar-refractivity contribution is 5.99. The van der Waals surface area contributed by atoms with Gasteiger partial charge in [0.1, 0.15) is 11.6 Å². The van der Waals surface area contributed by atoms with E-state index >= 15 is 0 Å². The number of hydrogen-bond acceptors (Lipinski definition) is 5. The van der Waals surface area contributed by atoms with Gasteiger partial charge < -0.3 is 24.5 Å². The molecule has 6 atom stereocenters. The molecular formula is C26H41N3O5. The molecule has 3 heterocycles. The number of nitrogens with zero attached hydrogens (tertiary/aromatic N) is 3. The topological polar surface area (TPSA) is 90.4 Å². The second kappa shape index (κ2) is 9.46. The Labute approximate surface area is 203 Å². The van der Waals surface area contributed by atoms with Crippen LogP contribution in [0.2, 0.25) is 0 Å². The van der Waals surface area contributed by atoms with Crippen LogP contribution in [-0.4, -0.2) is 93.6 Å². The number of carbonyl (C=O) groups excluding carboxylic acids is 3. The van der Waals surface area contributed by atoms with Crippen LogP contribution in [0.1, 0.15) is 47.5 Å². The van der Waals surface area contributed by atoms with Crippen molar-refractivity contribution in [1.29, 1.82) is 0 Å². The molecule has 0 aromatic heterocycles. The molecule has 0 saturated carbocycles. The lowest BCUT2D eigenvalue weighted by Gasteiger charge is -2.44. The molecule has 0 aromatic rings. The van der Waals surface area contributed by atoms with E-state index in [2.05, 4.69) is 13.2 Å². The molecule has 3 amide bonds. The molecule has 8 heteroatoms. The summed E-state index contributed by atoms with van der Waals surface area (Å²) in [5.74, 6) is -2.15. The largest absolute Gasteiger partial charge is 0.394 e. The first-order valence-corrected chi connectivity index (χ1v) is 12.3. The Balaban J connectivity index is 2.14. The predicted molar refractivity (Wildman–Crippen MR) is 130 cm³/mol. The molecule has 0 radical (unpaired) electrons. The molecule has 2 unspecified atom stereocenters. The van der Waals surface area contributed by atoms with Crippen LogP contribution >= 0.6 is 0 Å². The third-order valence-electron chi connectivity index (χ3n) is 7.74. The first-order chi connectivity index (χ1) is 15.9. The van der Waals surface area contributed by atoms with Crippen molar-refractivity contribution in [3.05, 3.63) is 25.3 Å². The molecule has 3 aliphatic rings. The number of aliphatic hydroxyl groups is 1. The SMILES string of the molecule is C=CCN(C)C(=O)[C@@H]1[C@H]2C(=O)N([C@@H](CO)C(C)C)C(C(=O)N(CC=C)C(C)(C)C)C23CC[C@H]1O3. The van der Waals surface area contributed by atoms with Gasteiger partial charge in [-0.05, 0) is 39.5 Å². The van der Waals surface area contributed by atoms with Crippen molar-refractivity contribution in [2.45, 2.75) is 76.8 Å². The summed E-state index contributed by atoms with van der Waals surface area (Å²) in [4.78, 5) is 46.6. The van der Waals surface area contributed by atoms with Crippen molar-refractivity contribution in [3.63, 3.8) is 0 Å². The van der Waals surface area contributed by atoms with E-state index in [1.165, 1.54) is 0 Å². The van der Waals surface area contributed by atoms with Crippen molar-refractivity contribution in [3.8, 4) is 0 Å². The van der Waals surface area contributed by atoms with Gasteiger partial charge in [0.2, 0.25) is 17.7 Å². The lowest BCUT2D eigenvalue weighted by molar-refractivity contribution is -0.155. The number of amides is 3. The quantitative estimate of drug-likeness (QED) is 0.514. The third-order valence-corrected chi connectivity index (χ3v) is 7.74. The standard InChI is InChI=1S/C26H41N3O5/c1-9-13-27(8)22(31)19-18-11-12-26(34-18)20(19)23(32)29(17(15-30)16(3)4)21(26)24(33)28(14-10-2)25(5,6)7/h9-10,16-21,30H,1-2,11-15H2,3-8H3/t17-,18+,19-,20-,21?,26?/m0/s1.